The molecule has 5 nitrogen and oxygen atoms in total. The fraction of sp³-hybridized carbons (Fsp3) is 0. The van der Waals surface area contributed by atoms with Crippen LogP contribution in [0, 0.1) is 11.6 Å². The SMILES string of the molecule is O=C([O-])c1cccc(OS(=O)(=O)c2ccc(F)c(F)c2)c1. The van der Waals surface area contributed by atoms with Gasteiger partial charge in [0.2, 0.25) is 0 Å². The normalized spacial score (nSPS) is 11.1. The number of aromatic carboxylic acids is 1. The highest BCUT2D eigenvalue weighted by molar-refractivity contribution is 7.87. The van der Waals surface area contributed by atoms with Gasteiger partial charge in [-0.15, -0.1) is 0 Å². The Labute approximate surface area is 118 Å². The van der Waals surface area contributed by atoms with E-state index in [1.54, 1.807) is 0 Å². The molecular weight excluding hydrogens is 306 g/mol. The Bertz CT molecular complexity index is 802. The van der Waals surface area contributed by atoms with Gasteiger partial charge in [0.25, 0.3) is 0 Å². The molecule has 2 rings (SSSR count). The van der Waals surface area contributed by atoms with Gasteiger partial charge in [-0.1, -0.05) is 12.1 Å². The molecule has 0 heterocycles. The van der Waals surface area contributed by atoms with E-state index in [1.807, 2.05) is 0 Å². The first-order valence-electron chi connectivity index (χ1n) is 5.50. The first-order valence-corrected chi connectivity index (χ1v) is 6.91. The smallest absolute Gasteiger partial charge is 0.339 e. The van der Waals surface area contributed by atoms with Crippen LogP contribution in [0.25, 0.3) is 0 Å². The second kappa shape index (κ2) is 5.49. The van der Waals surface area contributed by atoms with Crippen LogP contribution < -0.4 is 9.29 Å². The monoisotopic (exact) mass is 313 g/mol. The number of carboxylic acids is 1. The van der Waals surface area contributed by atoms with E-state index in [0.717, 1.165) is 12.1 Å². The van der Waals surface area contributed by atoms with Crippen LogP contribution in [0.3, 0.4) is 0 Å². The molecule has 0 fully saturated rings. The molecule has 0 aliphatic heterocycles. The molecular formula is C13H7F2O5S-. The largest absolute Gasteiger partial charge is 0.545 e. The summed E-state index contributed by atoms with van der Waals surface area (Å²) in [7, 11) is -4.42. The van der Waals surface area contributed by atoms with Crippen LogP contribution in [0.5, 0.6) is 5.75 Å². The van der Waals surface area contributed by atoms with Crippen molar-refractivity contribution in [3.05, 3.63) is 59.7 Å². The zero-order valence-electron chi connectivity index (χ0n) is 10.2. The topological polar surface area (TPSA) is 83.5 Å². The molecule has 0 amide bonds. The van der Waals surface area contributed by atoms with E-state index in [1.165, 1.54) is 18.2 Å². The summed E-state index contributed by atoms with van der Waals surface area (Å²) in [5, 5.41) is 10.7. The van der Waals surface area contributed by atoms with Gasteiger partial charge in [-0.2, -0.15) is 8.42 Å². The molecule has 0 atom stereocenters. The number of carbonyl (C=O) groups is 1. The molecule has 0 spiro atoms. The van der Waals surface area contributed by atoms with Crippen LogP contribution in [-0.4, -0.2) is 14.4 Å². The van der Waals surface area contributed by atoms with Crippen LogP contribution in [0.15, 0.2) is 47.4 Å². The summed E-state index contributed by atoms with van der Waals surface area (Å²) >= 11 is 0. The fourth-order valence-corrected chi connectivity index (χ4v) is 2.42. The van der Waals surface area contributed by atoms with Crippen molar-refractivity contribution in [1.82, 2.24) is 0 Å². The molecule has 0 saturated carbocycles. The predicted molar refractivity (Wildman–Crippen MR) is 64.9 cm³/mol. The van der Waals surface area contributed by atoms with Crippen LogP contribution in [0.4, 0.5) is 8.78 Å². The molecule has 0 radical (unpaired) electrons. The number of carbonyl (C=O) groups excluding carboxylic acids is 1. The van der Waals surface area contributed by atoms with Crippen molar-refractivity contribution >= 4 is 16.1 Å². The summed E-state index contributed by atoms with van der Waals surface area (Å²) in [6.07, 6.45) is 0. The molecule has 2 aromatic carbocycles. The van der Waals surface area contributed by atoms with E-state index >= 15 is 0 Å². The Morgan fingerprint density at radius 1 is 1.05 bits per heavy atom. The third-order valence-electron chi connectivity index (χ3n) is 2.46. The van der Waals surface area contributed by atoms with Crippen molar-refractivity contribution in [2.75, 3.05) is 0 Å². The van der Waals surface area contributed by atoms with Gasteiger partial charge in [0.15, 0.2) is 11.6 Å². The summed E-state index contributed by atoms with van der Waals surface area (Å²) in [5.74, 6) is -4.34. The number of halogens is 2. The van der Waals surface area contributed by atoms with E-state index in [4.69, 9.17) is 0 Å². The van der Waals surface area contributed by atoms with E-state index in [-0.39, 0.29) is 11.3 Å². The van der Waals surface area contributed by atoms with Crippen molar-refractivity contribution in [3.8, 4) is 5.75 Å². The minimum absolute atomic E-state index is 0.284. The van der Waals surface area contributed by atoms with Crippen molar-refractivity contribution in [2.24, 2.45) is 0 Å². The van der Waals surface area contributed by atoms with Gasteiger partial charge in [0, 0.05) is 5.56 Å². The number of hydrogen-bond acceptors (Lipinski definition) is 5. The molecule has 0 bridgehead atoms. The Kier molecular flexibility index (Phi) is 3.90. The molecule has 0 aliphatic carbocycles. The third kappa shape index (κ3) is 3.34. The number of carboxylic acid groups (broad SMARTS) is 1. The van der Waals surface area contributed by atoms with Gasteiger partial charge in [-0.25, -0.2) is 8.78 Å². The molecule has 0 unspecified atom stereocenters. The van der Waals surface area contributed by atoms with Crippen LogP contribution in [0.2, 0.25) is 0 Å². The first kappa shape index (κ1) is 14.9. The van der Waals surface area contributed by atoms with Crippen molar-refractivity contribution in [2.45, 2.75) is 4.90 Å². The van der Waals surface area contributed by atoms with E-state index in [2.05, 4.69) is 4.18 Å². The second-order valence-corrected chi connectivity index (χ2v) is 5.47. The maximum absolute atomic E-state index is 13.0. The lowest BCUT2D eigenvalue weighted by atomic mass is 10.2. The Balaban J connectivity index is 2.35. The minimum Gasteiger partial charge on any atom is -0.545 e. The van der Waals surface area contributed by atoms with Gasteiger partial charge in [-0.3, -0.25) is 0 Å². The van der Waals surface area contributed by atoms with Crippen LogP contribution in [0.1, 0.15) is 10.4 Å². The molecule has 0 saturated heterocycles. The zero-order valence-corrected chi connectivity index (χ0v) is 11.1. The highest BCUT2D eigenvalue weighted by Gasteiger charge is 2.19. The Morgan fingerprint density at radius 3 is 2.38 bits per heavy atom. The summed E-state index contributed by atoms with van der Waals surface area (Å²) in [4.78, 5) is 10.1. The third-order valence-corrected chi connectivity index (χ3v) is 3.70. The quantitative estimate of drug-likeness (QED) is 0.789. The number of rotatable bonds is 4. The molecule has 21 heavy (non-hydrogen) atoms. The number of benzene rings is 2. The van der Waals surface area contributed by atoms with Crippen molar-refractivity contribution < 1.29 is 31.3 Å². The lowest BCUT2D eigenvalue weighted by molar-refractivity contribution is -0.255. The summed E-state index contributed by atoms with van der Waals surface area (Å²) in [6.45, 7) is 0. The molecule has 110 valence electrons. The van der Waals surface area contributed by atoms with E-state index in [0.29, 0.717) is 12.1 Å². The van der Waals surface area contributed by atoms with Crippen LogP contribution in [-0.2, 0) is 10.1 Å². The summed E-state index contributed by atoms with van der Waals surface area (Å²) in [5.41, 5.74) is -0.284. The van der Waals surface area contributed by atoms with Gasteiger partial charge in [-0.05, 0) is 30.3 Å². The highest BCUT2D eigenvalue weighted by Crippen LogP contribution is 2.21. The van der Waals surface area contributed by atoms with E-state index in [9.17, 15) is 27.1 Å². The van der Waals surface area contributed by atoms with Gasteiger partial charge >= 0.3 is 10.1 Å². The lowest BCUT2D eigenvalue weighted by Crippen LogP contribution is -2.22. The summed E-state index contributed by atoms with van der Waals surface area (Å²) < 4.78 is 54.2. The Morgan fingerprint density at radius 2 is 1.76 bits per heavy atom. The average Bonchev–Trinajstić information content (AvgIpc) is 2.41. The van der Waals surface area contributed by atoms with Crippen LogP contribution >= 0.6 is 0 Å². The maximum Gasteiger partial charge on any atom is 0.339 e. The molecule has 8 heteroatoms. The maximum atomic E-state index is 13.0. The van der Waals surface area contributed by atoms with Gasteiger partial charge in [0.05, 0.1) is 5.97 Å². The van der Waals surface area contributed by atoms with Crippen molar-refractivity contribution in [3.63, 3.8) is 0 Å². The standard InChI is InChI=1S/C13H8F2O5S/c14-11-5-4-10(7-12(11)15)21(18,19)20-9-3-1-2-8(6-9)13(16)17/h1-7H,(H,16,17)/p-1. The van der Waals surface area contributed by atoms with Gasteiger partial charge in [0.1, 0.15) is 10.6 Å². The predicted octanol–water partition coefficient (Wildman–Crippen LogP) is 1.10. The van der Waals surface area contributed by atoms with Gasteiger partial charge < -0.3 is 14.1 Å². The average molecular weight is 313 g/mol. The molecule has 0 aromatic heterocycles. The molecule has 0 aliphatic rings. The Hall–Kier alpha value is -2.48. The van der Waals surface area contributed by atoms with E-state index < -0.39 is 32.6 Å². The number of hydrogen-bond donors (Lipinski definition) is 0. The lowest BCUT2D eigenvalue weighted by Gasteiger charge is -2.09. The molecule has 0 N–H and O–H groups in total. The zero-order chi connectivity index (χ0) is 15.6. The van der Waals surface area contributed by atoms with Crippen molar-refractivity contribution in [1.29, 1.82) is 0 Å². The highest BCUT2D eigenvalue weighted by atomic mass is 32.2. The second-order valence-electron chi connectivity index (χ2n) is 3.93. The molecule has 2 aromatic rings. The minimum atomic E-state index is -4.42. The fourth-order valence-electron chi connectivity index (χ4n) is 1.48. The summed E-state index contributed by atoms with van der Waals surface area (Å²) in [6, 6.07) is 6.51. The first-order chi connectivity index (χ1) is 9.79.